The zero-order valence-electron chi connectivity index (χ0n) is 16.6. The van der Waals surface area contributed by atoms with Crippen molar-refractivity contribution in [3.05, 3.63) is 52.1 Å². The summed E-state index contributed by atoms with van der Waals surface area (Å²) in [5.41, 5.74) is 0.836. The largest absolute Gasteiger partial charge is 0.506 e. The molecule has 1 aromatic carbocycles. The fourth-order valence-electron chi connectivity index (χ4n) is 2.77. The molecule has 30 heavy (non-hydrogen) atoms. The fourth-order valence-corrected chi connectivity index (χ4v) is 2.99. The van der Waals surface area contributed by atoms with Crippen LogP contribution in [-0.2, 0) is 32.1 Å². The van der Waals surface area contributed by atoms with E-state index < -0.39 is 18.5 Å². The van der Waals surface area contributed by atoms with Crippen molar-refractivity contribution in [2.24, 2.45) is 5.16 Å². The number of carbonyl (C=O) groups excluding carboxylic acids is 2. The van der Waals surface area contributed by atoms with Gasteiger partial charge in [-0.05, 0) is 42.5 Å². The number of cyclic esters (lactones) is 1. The lowest BCUT2D eigenvalue weighted by Crippen LogP contribution is -2.16. The first-order valence-corrected chi connectivity index (χ1v) is 9.74. The van der Waals surface area contributed by atoms with Gasteiger partial charge in [-0.15, -0.1) is 0 Å². The number of hydrogen-bond donors (Lipinski definition) is 2. The van der Waals surface area contributed by atoms with Crippen LogP contribution < -0.4 is 0 Å². The third-order valence-electron chi connectivity index (χ3n) is 4.24. The average Bonchev–Trinajstić information content (AvgIpc) is 2.74. The van der Waals surface area contributed by atoms with Gasteiger partial charge in [0.05, 0.1) is 36.6 Å². The third-order valence-corrected chi connectivity index (χ3v) is 4.66. The second-order valence-corrected chi connectivity index (χ2v) is 6.74. The number of methoxy groups -OCH3 is 1. The Balaban J connectivity index is 2.49. The van der Waals surface area contributed by atoms with E-state index >= 15 is 0 Å². The predicted molar refractivity (Wildman–Crippen MR) is 111 cm³/mol. The van der Waals surface area contributed by atoms with E-state index in [2.05, 4.69) is 9.89 Å². The van der Waals surface area contributed by atoms with Gasteiger partial charge >= 0.3 is 11.9 Å². The molecule has 8 nitrogen and oxygen atoms in total. The first-order chi connectivity index (χ1) is 14.5. The van der Waals surface area contributed by atoms with Gasteiger partial charge in [0.25, 0.3) is 0 Å². The van der Waals surface area contributed by atoms with Gasteiger partial charge in [0.1, 0.15) is 5.75 Å². The molecule has 1 aromatic rings. The molecule has 0 spiro atoms. The van der Waals surface area contributed by atoms with Crippen LogP contribution in [0.3, 0.4) is 0 Å². The molecule has 1 aliphatic heterocycles. The lowest BCUT2D eigenvalue weighted by atomic mass is 9.96. The average molecular weight is 438 g/mol. The van der Waals surface area contributed by atoms with Gasteiger partial charge in [0.15, 0.2) is 0 Å². The van der Waals surface area contributed by atoms with Crippen molar-refractivity contribution in [2.45, 2.75) is 32.3 Å². The monoisotopic (exact) mass is 437 g/mol. The van der Waals surface area contributed by atoms with Crippen molar-refractivity contribution in [1.29, 1.82) is 0 Å². The lowest BCUT2D eigenvalue weighted by molar-refractivity contribution is -0.145. The molecule has 0 unspecified atom stereocenters. The molecule has 0 aromatic heterocycles. The molecule has 0 bridgehead atoms. The number of esters is 2. The first-order valence-electron chi connectivity index (χ1n) is 9.36. The van der Waals surface area contributed by atoms with Crippen molar-refractivity contribution >= 4 is 29.3 Å². The first kappa shape index (κ1) is 23.4. The van der Waals surface area contributed by atoms with E-state index in [0.717, 1.165) is 12.8 Å². The Kier molecular flexibility index (Phi) is 9.37. The van der Waals surface area contributed by atoms with E-state index in [1.807, 2.05) is 18.2 Å². The van der Waals surface area contributed by atoms with Gasteiger partial charge in [0.2, 0.25) is 6.61 Å². The molecule has 2 rings (SSSR count). The Morgan fingerprint density at radius 3 is 2.73 bits per heavy atom. The molecule has 0 amide bonds. The molecule has 2 N–H and O–H groups in total. The van der Waals surface area contributed by atoms with E-state index in [9.17, 15) is 19.8 Å². The molecule has 162 valence electrons. The molecule has 0 saturated heterocycles. The highest BCUT2D eigenvalue weighted by Crippen LogP contribution is 2.34. The highest BCUT2D eigenvalue weighted by atomic mass is 35.5. The number of fused-ring (bicyclic) bond motifs is 1. The van der Waals surface area contributed by atoms with Crippen LogP contribution >= 0.6 is 11.6 Å². The van der Waals surface area contributed by atoms with Crippen molar-refractivity contribution in [1.82, 2.24) is 0 Å². The van der Waals surface area contributed by atoms with Crippen molar-refractivity contribution in [2.75, 3.05) is 20.3 Å². The normalized spacial score (nSPS) is 18.6. The molecule has 1 aliphatic rings. The highest BCUT2D eigenvalue weighted by Gasteiger charge is 2.24. The highest BCUT2D eigenvalue weighted by molar-refractivity contribution is 6.33. The maximum atomic E-state index is 12.7. The van der Waals surface area contributed by atoms with Gasteiger partial charge < -0.3 is 24.5 Å². The van der Waals surface area contributed by atoms with Crippen LogP contribution in [0.2, 0.25) is 5.02 Å². The molecule has 0 aliphatic carbocycles. The summed E-state index contributed by atoms with van der Waals surface area (Å²) in [6.45, 7) is -0.721. The Morgan fingerprint density at radius 2 is 2.00 bits per heavy atom. The van der Waals surface area contributed by atoms with Gasteiger partial charge in [-0.1, -0.05) is 35.0 Å². The van der Waals surface area contributed by atoms with Crippen LogP contribution in [0.5, 0.6) is 5.75 Å². The number of hydrogen-bond acceptors (Lipinski definition) is 8. The molecule has 0 saturated carbocycles. The smallest absolute Gasteiger partial charge is 0.346 e. The van der Waals surface area contributed by atoms with E-state index in [1.165, 1.54) is 13.2 Å². The number of benzene rings is 1. The number of ether oxygens (including phenoxy) is 2. The molecule has 0 atom stereocenters. The molecule has 0 fully saturated rings. The Labute approximate surface area is 179 Å². The van der Waals surface area contributed by atoms with Gasteiger partial charge in [-0.2, -0.15) is 0 Å². The minimum Gasteiger partial charge on any atom is -0.506 e. The SMILES string of the molecule is COC(=O)CO/N=C1\C=C\CC/C=C/CCOC(=O)c2c(CO)cc(O)c(Cl)c2C1. The summed E-state index contributed by atoms with van der Waals surface area (Å²) in [6, 6.07) is 1.23. The van der Waals surface area contributed by atoms with Crippen LogP contribution in [0.15, 0.2) is 35.5 Å². The molecular formula is C21H24ClNO7. The van der Waals surface area contributed by atoms with Crippen LogP contribution in [-0.4, -0.2) is 48.2 Å². The molecule has 1 heterocycles. The second-order valence-electron chi connectivity index (χ2n) is 6.37. The number of phenols is 1. The predicted octanol–water partition coefficient (Wildman–Crippen LogP) is 3.08. The zero-order valence-corrected chi connectivity index (χ0v) is 17.4. The van der Waals surface area contributed by atoms with E-state index in [1.54, 1.807) is 6.08 Å². The number of aliphatic hydroxyl groups is 1. The minimum absolute atomic E-state index is 0.00181. The number of oxime groups is 1. The zero-order chi connectivity index (χ0) is 21.9. The van der Waals surface area contributed by atoms with Crippen LogP contribution in [0, 0.1) is 0 Å². The van der Waals surface area contributed by atoms with Gasteiger partial charge in [-0.25, -0.2) is 9.59 Å². The summed E-state index contributed by atoms with van der Waals surface area (Å²) in [6.07, 6.45) is 9.53. The number of phenolic OH excluding ortho intramolecular Hbond substituents is 1. The number of allylic oxidation sites excluding steroid dienone is 3. The number of nitrogens with zero attached hydrogens (tertiary/aromatic N) is 1. The van der Waals surface area contributed by atoms with Crippen molar-refractivity contribution in [3.8, 4) is 5.75 Å². The number of rotatable bonds is 4. The summed E-state index contributed by atoms with van der Waals surface area (Å²) >= 11 is 6.28. The fraction of sp³-hybridized carbons (Fsp3) is 0.381. The van der Waals surface area contributed by atoms with Crippen molar-refractivity contribution < 1.29 is 34.1 Å². The number of carbonyl (C=O) groups is 2. The van der Waals surface area contributed by atoms with Crippen molar-refractivity contribution in [3.63, 3.8) is 0 Å². The Bertz CT molecular complexity index is 861. The van der Waals surface area contributed by atoms with Crippen LogP contribution in [0.1, 0.15) is 40.7 Å². The molecular weight excluding hydrogens is 414 g/mol. The summed E-state index contributed by atoms with van der Waals surface area (Å²) in [5.74, 6) is -1.55. The maximum Gasteiger partial charge on any atom is 0.346 e. The lowest BCUT2D eigenvalue weighted by Gasteiger charge is -2.16. The van der Waals surface area contributed by atoms with Crippen LogP contribution in [0.4, 0.5) is 0 Å². The minimum atomic E-state index is -0.666. The topological polar surface area (TPSA) is 115 Å². The molecule has 0 radical (unpaired) electrons. The number of aromatic hydroxyl groups is 1. The van der Waals surface area contributed by atoms with Gasteiger partial charge in [-0.3, -0.25) is 0 Å². The van der Waals surface area contributed by atoms with E-state index in [-0.39, 0.29) is 47.1 Å². The maximum absolute atomic E-state index is 12.7. The Hall–Kier alpha value is -2.84. The second kappa shape index (κ2) is 12.0. The number of halogens is 1. The third kappa shape index (κ3) is 6.60. The summed E-state index contributed by atoms with van der Waals surface area (Å²) in [4.78, 5) is 29.0. The molecule has 9 heteroatoms. The summed E-state index contributed by atoms with van der Waals surface area (Å²) in [7, 11) is 1.23. The van der Waals surface area contributed by atoms with E-state index in [4.69, 9.17) is 21.2 Å². The Morgan fingerprint density at radius 1 is 1.27 bits per heavy atom. The van der Waals surface area contributed by atoms with Gasteiger partial charge in [0, 0.05) is 6.42 Å². The quantitative estimate of drug-likeness (QED) is 0.422. The van der Waals surface area contributed by atoms with E-state index in [0.29, 0.717) is 12.1 Å². The summed E-state index contributed by atoms with van der Waals surface area (Å²) < 4.78 is 9.83. The van der Waals surface area contributed by atoms with Crippen LogP contribution in [0.25, 0.3) is 0 Å². The summed E-state index contributed by atoms with van der Waals surface area (Å²) in [5, 5.41) is 23.7. The standard InChI is InChI=1S/C21H24ClNO7/c1-28-18(26)13-30-23-15-8-6-4-2-3-5-7-9-29-21(27)19-14(12-24)10-17(25)20(22)16(19)11-15/h3,5-6,8,10,24-25H,2,4,7,9,11-13H2,1H3/b5-3+,8-6+,23-15+. The number of aliphatic hydroxyl groups excluding tert-OH is 1.